The zero-order chi connectivity index (χ0) is 18.2. The molecular formula is C18H28BrFN4O. The first kappa shape index (κ1) is 20.1. The Kier molecular flexibility index (Phi) is 8.12. The van der Waals surface area contributed by atoms with Gasteiger partial charge in [-0.2, -0.15) is 0 Å². The molecule has 0 radical (unpaired) electrons. The van der Waals surface area contributed by atoms with Crippen LogP contribution < -0.4 is 10.6 Å². The summed E-state index contributed by atoms with van der Waals surface area (Å²) >= 11 is 3.36. The molecule has 2 N–H and O–H groups in total. The standard InChI is InChI=1S/C18H28BrFN4O/c1-13(2)11-24-6-7-25-16(12-24)10-23-18(21-3)22-9-14-8-15(19)4-5-17(14)20/h4-5,8,13,16H,6-7,9-12H2,1-3H3,(H2,21,22,23). The molecule has 1 heterocycles. The van der Waals surface area contributed by atoms with Crippen LogP contribution in [0.5, 0.6) is 0 Å². The van der Waals surface area contributed by atoms with Crippen LogP contribution in [0.1, 0.15) is 19.4 Å². The van der Waals surface area contributed by atoms with E-state index in [1.807, 2.05) is 0 Å². The van der Waals surface area contributed by atoms with Gasteiger partial charge in [0.1, 0.15) is 5.82 Å². The van der Waals surface area contributed by atoms with Crippen LogP contribution in [0.15, 0.2) is 27.7 Å². The van der Waals surface area contributed by atoms with E-state index in [9.17, 15) is 4.39 Å². The van der Waals surface area contributed by atoms with Crippen molar-refractivity contribution in [1.29, 1.82) is 0 Å². The van der Waals surface area contributed by atoms with Crippen molar-refractivity contribution in [2.45, 2.75) is 26.5 Å². The van der Waals surface area contributed by atoms with Gasteiger partial charge in [0.15, 0.2) is 5.96 Å². The average molecular weight is 415 g/mol. The number of benzene rings is 1. The second-order valence-electron chi connectivity index (χ2n) is 6.69. The molecule has 1 aliphatic heterocycles. The Hall–Kier alpha value is -1.18. The molecular weight excluding hydrogens is 387 g/mol. The summed E-state index contributed by atoms with van der Waals surface area (Å²) in [6.45, 7) is 9.27. The molecule has 0 spiro atoms. The van der Waals surface area contributed by atoms with Crippen molar-refractivity contribution in [1.82, 2.24) is 15.5 Å². The molecule has 2 rings (SSSR count). The number of guanidine groups is 1. The third-order valence-electron chi connectivity index (χ3n) is 4.02. The largest absolute Gasteiger partial charge is 0.374 e. The topological polar surface area (TPSA) is 48.9 Å². The van der Waals surface area contributed by atoms with Gasteiger partial charge in [0, 0.05) is 49.8 Å². The number of halogens is 2. The molecule has 140 valence electrons. The summed E-state index contributed by atoms with van der Waals surface area (Å²) < 4.78 is 20.5. The first-order valence-electron chi connectivity index (χ1n) is 8.70. The van der Waals surface area contributed by atoms with E-state index in [1.54, 1.807) is 19.2 Å². The van der Waals surface area contributed by atoms with E-state index in [-0.39, 0.29) is 11.9 Å². The van der Waals surface area contributed by atoms with Crippen LogP contribution in [-0.4, -0.2) is 56.8 Å². The number of aliphatic imine (C=N–C) groups is 1. The maximum atomic E-state index is 13.8. The van der Waals surface area contributed by atoms with Crippen molar-refractivity contribution in [2.24, 2.45) is 10.9 Å². The van der Waals surface area contributed by atoms with Gasteiger partial charge in [0.25, 0.3) is 0 Å². The van der Waals surface area contributed by atoms with Gasteiger partial charge in [-0.15, -0.1) is 0 Å². The molecule has 1 saturated heterocycles. The van der Waals surface area contributed by atoms with Crippen molar-refractivity contribution in [3.8, 4) is 0 Å². The van der Waals surface area contributed by atoms with Gasteiger partial charge in [-0.05, 0) is 24.1 Å². The SMILES string of the molecule is CN=C(NCc1cc(Br)ccc1F)NCC1CN(CC(C)C)CCO1. The number of nitrogens with one attached hydrogen (secondary N) is 2. The van der Waals surface area contributed by atoms with E-state index in [0.29, 0.717) is 30.5 Å². The number of morpholine rings is 1. The average Bonchev–Trinajstić information content (AvgIpc) is 2.57. The summed E-state index contributed by atoms with van der Waals surface area (Å²) in [7, 11) is 1.71. The minimum absolute atomic E-state index is 0.133. The molecule has 25 heavy (non-hydrogen) atoms. The third-order valence-corrected chi connectivity index (χ3v) is 4.51. The van der Waals surface area contributed by atoms with Gasteiger partial charge >= 0.3 is 0 Å². The number of rotatable bonds is 6. The summed E-state index contributed by atoms with van der Waals surface area (Å²) in [5, 5.41) is 6.42. The summed E-state index contributed by atoms with van der Waals surface area (Å²) in [6.07, 6.45) is 0.133. The summed E-state index contributed by atoms with van der Waals surface area (Å²) in [6, 6.07) is 4.91. The molecule has 0 amide bonds. The van der Waals surface area contributed by atoms with Crippen LogP contribution in [0.25, 0.3) is 0 Å². The van der Waals surface area contributed by atoms with Crippen LogP contribution >= 0.6 is 15.9 Å². The van der Waals surface area contributed by atoms with Gasteiger partial charge in [-0.1, -0.05) is 29.8 Å². The maximum Gasteiger partial charge on any atom is 0.191 e. The lowest BCUT2D eigenvalue weighted by Gasteiger charge is -2.34. The van der Waals surface area contributed by atoms with Gasteiger partial charge in [-0.25, -0.2) is 4.39 Å². The summed E-state index contributed by atoms with van der Waals surface area (Å²) in [4.78, 5) is 6.64. The Labute approximate surface area is 158 Å². The fourth-order valence-electron chi connectivity index (χ4n) is 2.87. The molecule has 1 fully saturated rings. The fourth-order valence-corrected chi connectivity index (χ4v) is 3.28. The van der Waals surface area contributed by atoms with Crippen molar-refractivity contribution in [3.05, 3.63) is 34.1 Å². The fraction of sp³-hybridized carbons (Fsp3) is 0.611. The number of nitrogens with zero attached hydrogens (tertiary/aromatic N) is 2. The third kappa shape index (κ3) is 6.92. The van der Waals surface area contributed by atoms with E-state index in [4.69, 9.17) is 4.74 Å². The van der Waals surface area contributed by atoms with E-state index in [2.05, 4.69) is 50.3 Å². The van der Waals surface area contributed by atoms with E-state index < -0.39 is 0 Å². The Balaban J connectivity index is 1.79. The molecule has 0 saturated carbocycles. The lowest BCUT2D eigenvalue weighted by Crippen LogP contribution is -2.50. The zero-order valence-electron chi connectivity index (χ0n) is 15.2. The Bertz CT molecular complexity index is 582. The summed E-state index contributed by atoms with van der Waals surface area (Å²) in [5.74, 6) is 1.07. The Morgan fingerprint density at radius 1 is 1.44 bits per heavy atom. The van der Waals surface area contributed by atoms with Crippen LogP contribution in [0.2, 0.25) is 0 Å². The first-order valence-corrected chi connectivity index (χ1v) is 9.49. The van der Waals surface area contributed by atoms with Crippen LogP contribution in [0.4, 0.5) is 4.39 Å². The van der Waals surface area contributed by atoms with Gasteiger partial charge in [0.05, 0.1) is 12.7 Å². The smallest absolute Gasteiger partial charge is 0.191 e. The molecule has 1 aromatic rings. The minimum atomic E-state index is -0.230. The molecule has 1 atom stereocenters. The van der Waals surface area contributed by atoms with Gasteiger partial charge in [0.2, 0.25) is 0 Å². The van der Waals surface area contributed by atoms with Crippen LogP contribution in [0.3, 0.4) is 0 Å². The van der Waals surface area contributed by atoms with Crippen molar-refractivity contribution >= 4 is 21.9 Å². The molecule has 1 unspecified atom stereocenters. The normalized spacial score (nSPS) is 19.3. The van der Waals surface area contributed by atoms with E-state index >= 15 is 0 Å². The van der Waals surface area contributed by atoms with E-state index in [0.717, 1.165) is 30.7 Å². The molecule has 1 aliphatic rings. The number of hydrogen-bond donors (Lipinski definition) is 2. The highest BCUT2D eigenvalue weighted by atomic mass is 79.9. The Morgan fingerprint density at radius 3 is 2.96 bits per heavy atom. The molecule has 0 aromatic heterocycles. The predicted octanol–water partition coefficient (Wildman–Crippen LogP) is 2.61. The number of hydrogen-bond acceptors (Lipinski definition) is 3. The highest BCUT2D eigenvalue weighted by Gasteiger charge is 2.21. The summed E-state index contributed by atoms with van der Waals surface area (Å²) in [5.41, 5.74) is 0.592. The lowest BCUT2D eigenvalue weighted by molar-refractivity contribution is -0.0284. The predicted molar refractivity (Wildman–Crippen MR) is 103 cm³/mol. The maximum absolute atomic E-state index is 13.8. The lowest BCUT2D eigenvalue weighted by atomic mass is 10.2. The second-order valence-corrected chi connectivity index (χ2v) is 7.60. The highest BCUT2D eigenvalue weighted by Crippen LogP contribution is 2.15. The van der Waals surface area contributed by atoms with Crippen molar-refractivity contribution in [2.75, 3.05) is 39.8 Å². The van der Waals surface area contributed by atoms with E-state index in [1.165, 1.54) is 6.07 Å². The monoisotopic (exact) mass is 414 g/mol. The van der Waals surface area contributed by atoms with Gasteiger partial charge in [-0.3, -0.25) is 9.89 Å². The van der Waals surface area contributed by atoms with Crippen molar-refractivity contribution < 1.29 is 9.13 Å². The molecule has 0 aliphatic carbocycles. The quantitative estimate of drug-likeness (QED) is 0.554. The zero-order valence-corrected chi connectivity index (χ0v) is 16.8. The molecule has 0 bridgehead atoms. The minimum Gasteiger partial charge on any atom is -0.374 e. The van der Waals surface area contributed by atoms with Crippen LogP contribution in [-0.2, 0) is 11.3 Å². The second kappa shape index (κ2) is 10.1. The molecule has 1 aromatic carbocycles. The molecule has 5 nitrogen and oxygen atoms in total. The highest BCUT2D eigenvalue weighted by molar-refractivity contribution is 9.10. The number of ether oxygens (including phenoxy) is 1. The van der Waals surface area contributed by atoms with Gasteiger partial charge < -0.3 is 15.4 Å². The molecule has 7 heteroatoms. The first-order chi connectivity index (χ1) is 12.0. The van der Waals surface area contributed by atoms with Crippen LogP contribution in [0, 0.1) is 11.7 Å². The Morgan fingerprint density at radius 2 is 2.24 bits per heavy atom. The van der Waals surface area contributed by atoms with Crippen molar-refractivity contribution in [3.63, 3.8) is 0 Å².